The van der Waals surface area contributed by atoms with Crippen molar-refractivity contribution in [3.05, 3.63) is 89.6 Å². The number of nitrogens with one attached hydrogen (secondary N) is 2. The highest BCUT2D eigenvalue weighted by atomic mass is 16.5. The van der Waals surface area contributed by atoms with E-state index in [4.69, 9.17) is 10.00 Å². The summed E-state index contributed by atoms with van der Waals surface area (Å²) in [6, 6.07) is 24.2. The second kappa shape index (κ2) is 12.7. The van der Waals surface area contributed by atoms with E-state index in [1.165, 1.54) is 5.56 Å². The van der Waals surface area contributed by atoms with Gasteiger partial charge in [0.1, 0.15) is 11.9 Å². The molecule has 0 spiro atoms. The van der Waals surface area contributed by atoms with E-state index >= 15 is 0 Å². The van der Waals surface area contributed by atoms with Gasteiger partial charge in [0.2, 0.25) is 0 Å². The smallest absolute Gasteiger partial charge is 0.322 e. The Bertz CT molecular complexity index is 1140. The molecule has 0 saturated heterocycles. The summed E-state index contributed by atoms with van der Waals surface area (Å²) in [5.74, 6) is 0.779. The molecule has 7 nitrogen and oxygen atoms in total. The van der Waals surface area contributed by atoms with Crippen molar-refractivity contribution in [1.82, 2.24) is 10.3 Å². The van der Waals surface area contributed by atoms with Gasteiger partial charge in [-0.1, -0.05) is 42.5 Å². The van der Waals surface area contributed by atoms with Crippen molar-refractivity contribution in [1.29, 1.82) is 5.26 Å². The lowest BCUT2D eigenvalue weighted by Crippen LogP contribution is -2.48. The van der Waals surface area contributed by atoms with Gasteiger partial charge in [0.25, 0.3) is 0 Å². The third-order valence-electron chi connectivity index (χ3n) is 6.62. The third-order valence-corrected chi connectivity index (χ3v) is 6.62. The zero-order valence-electron chi connectivity index (χ0n) is 20.7. The second-order valence-electron chi connectivity index (χ2n) is 9.12. The molecule has 1 fully saturated rings. The number of aromatic nitrogens is 1. The number of carbonyl (C=O) groups excluding carboxylic acids is 1. The molecule has 4 rings (SSSR count). The number of amides is 2. The summed E-state index contributed by atoms with van der Waals surface area (Å²) >= 11 is 0. The van der Waals surface area contributed by atoms with Crippen molar-refractivity contribution in [2.24, 2.45) is 0 Å². The zero-order chi connectivity index (χ0) is 25.2. The van der Waals surface area contributed by atoms with Crippen LogP contribution in [0.1, 0.15) is 42.4 Å². The van der Waals surface area contributed by atoms with Crippen LogP contribution in [0.15, 0.2) is 72.9 Å². The predicted molar refractivity (Wildman–Crippen MR) is 142 cm³/mol. The fourth-order valence-corrected chi connectivity index (χ4v) is 4.63. The Morgan fingerprint density at radius 1 is 1.03 bits per heavy atom. The molecular weight excluding hydrogens is 450 g/mol. The molecule has 0 bridgehead atoms. The number of hydrogen-bond acceptors (Lipinski definition) is 5. The molecule has 0 unspecified atom stereocenters. The summed E-state index contributed by atoms with van der Waals surface area (Å²) in [5.41, 5.74) is 3.72. The molecule has 2 N–H and O–H groups in total. The second-order valence-corrected chi connectivity index (χ2v) is 9.12. The fourth-order valence-electron chi connectivity index (χ4n) is 4.63. The number of methoxy groups -OCH3 is 1. The first-order valence-corrected chi connectivity index (χ1v) is 12.5. The number of ether oxygens (including phenoxy) is 1. The molecule has 1 heterocycles. The van der Waals surface area contributed by atoms with Crippen LogP contribution in [-0.4, -0.2) is 36.8 Å². The van der Waals surface area contributed by atoms with Gasteiger partial charge in [-0.25, -0.2) is 9.78 Å². The predicted octanol–water partition coefficient (Wildman–Crippen LogP) is 5.28. The van der Waals surface area contributed by atoms with E-state index in [0.717, 1.165) is 49.2 Å². The van der Waals surface area contributed by atoms with Crippen LogP contribution in [-0.2, 0) is 17.7 Å². The minimum atomic E-state index is -0.0753. The number of urea groups is 1. The van der Waals surface area contributed by atoms with Crippen molar-refractivity contribution in [2.45, 2.75) is 50.7 Å². The highest BCUT2D eigenvalue weighted by Gasteiger charge is 2.30. The molecule has 0 atom stereocenters. The van der Waals surface area contributed by atoms with Crippen LogP contribution in [0, 0.1) is 11.3 Å². The molecule has 3 aromatic rings. The number of benzene rings is 2. The van der Waals surface area contributed by atoms with Crippen LogP contribution in [0.25, 0.3) is 0 Å². The Hall–Kier alpha value is -3.89. The Balaban J connectivity index is 1.43. The summed E-state index contributed by atoms with van der Waals surface area (Å²) in [7, 11) is 1.70. The fraction of sp³-hybridized carbons (Fsp3) is 0.345. The first kappa shape index (κ1) is 25.2. The van der Waals surface area contributed by atoms with Gasteiger partial charge in [0, 0.05) is 37.6 Å². The molecule has 1 aliphatic rings. The van der Waals surface area contributed by atoms with Gasteiger partial charge in [0.05, 0.1) is 12.2 Å². The van der Waals surface area contributed by atoms with Crippen LogP contribution in [0.5, 0.6) is 0 Å². The molecule has 1 aromatic heterocycles. The van der Waals surface area contributed by atoms with Crippen molar-refractivity contribution >= 4 is 17.5 Å². The maximum Gasteiger partial charge on any atom is 0.322 e. The summed E-state index contributed by atoms with van der Waals surface area (Å²) < 4.78 is 5.20. The number of hydrogen-bond donors (Lipinski definition) is 2. The monoisotopic (exact) mass is 483 g/mol. The SMILES string of the molecule is COCCc1ccc(N(C(=O)NCc2ccccc2)[C@H]2CC[C@H](Nc3ccc(C#N)cn3)CC2)cc1. The van der Waals surface area contributed by atoms with E-state index in [1.807, 2.05) is 53.4 Å². The maximum atomic E-state index is 13.4. The van der Waals surface area contributed by atoms with Crippen molar-refractivity contribution < 1.29 is 9.53 Å². The summed E-state index contributed by atoms with van der Waals surface area (Å²) in [6.45, 7) is 1.16. The minimum absolute atomic E-state index is 0.0753. The summed E-state index contributed by atoms with van der Waals surface area (Å²) in [6.07, 6.45) is 6.07. The molecule has 0 radical (unpaired) electrons. The highest BCUT2D eigenvalue weighted by molar-refractivity contribution is 5.92. The normalized spacial score (nSPS) is 17.1. The van der Waals surface area contributed by atoms with Crippen molar-refractivity contribution in [3.63, 3.8) is 0 Å². The van der Waals surface area contributed by atoms with Gasteiger partial charge >= 0.3 is 6.03 Å². The van der Waals surface area contributed by atoms with Gasteiger partial charge in [-0.3, -0.25) is 4.90 Å². The van der Waals surface area contributed by atoms with Crippen LogP contribution in [0.2, 0.25) is 0 Å². The summed E-state index contributed by atoms with van der Waals surface area (Å²) in [5, 5.41) is 15.6. The zero-order valence-corrected chi connectivity index (χ0v) is 20.7. The van der Waals surface area contributed by atoms with Gasteiger partial charge in [-0.15, -0.1) is 0 Å². The summed E-state index contributed by atoms with van der Waals surface area (Å²) in [4.78, 5) is 19.7. The Morgan fingerprint density at radius 3 is 2.42 bits per heavy atom. The minimum Gasteiger partial charge on any atom is -0.384 e. The van der Waals surface area contributed by atoms with Crippen molar-refractivity contribution in [2.75, 3.05) is 23.9 Å². The quantitative estimate of drug-likeness (QED) is 0.432. The van der Waals surface area contributed by atoms with Crippen molar-refractivity contribution in [3.8, 4) is 6.07 Å². The molecule has 36 heavy (non-hydrogen) atoms. The molecule has 186 valence electrons. The van der Waals surface area contributed by atoms with Gasteiger partial charge in [-0.05, 0) is 67.5 Å². The number of pyridine rings is 1. The Morgan fingerprint density at radius 2 is 1.78 bits per heavy atom. The van der Waals surface area contributed by atoms with Crippen LogP contribution < -0.4 is 15.5 Å². The number of rotatable bonds is 9. The molecule has 1 aliphatic carbocycles. The van der Waals surface area contributed by atoms with Gasteiger partial charge in [0.15, 0.2) is 0 Å². The standard InChI is InChI=1S/C29H33N5O2/c1-36-18-17-22-7-12-26(13-8-22)34(29(35)32-20-23-5-3-2-4-6-23)27-14-10-25(11-15-27)33-28-16-9-24(19-30)21-31-28/h2-9,12-13,16,21,25,27H,10-11,14-15,17-18,20H2,1H3,(H,31,33)(H,32,35)/t25-,27-. The number of anilines is 2. The number of nitriles is 1. The lowest BCUT2D eigenvalue weighted by Gasteiger charge is -2.37. The van der Waals surface area contributed by atoms with E-state index in [0.29, 0.717) is 18.7 Å². The number of carbonyl (C=O) groups is 1. The van der Waals surface area contributed by atoms with E-state index in [2.05, 4.69) is 33.8 Å². The average Bonchev–Trinajstić information content (AvgIpc) is 2.93. The molecule has 0 aliphatic heterocycles. The highest BCUT2D eigenvalue weighted by Crippen LogP contribution is 2.29. The Kier molecular flexibility index (Phi) is 8.90. The lowest BCUT2D eigenvalue weighted by molar-refractivity contribution is 0.202. The lowest BCUT2D eigenvalue weighted by atomic mass is 9.89. The largest absolute Gasteiger partial charge is 0.384 e. The molecule has 2 amide bonds. The van der Waals surface area contributed by atoms with Gasteiger partial charge < -0.3 is 15.4 Å². The van der Waals surface area contributed by atoms with E-state index in [1.54, 1.807) is 19.4 Å². The Labute approximate surface area is 213 Å². The average molecular weight is 484 g/mol. The van der Waals surface area contributed by atoms with Gasteiger partial charge in [-0.2, -0.15) is 5.26 Å². The molecule has 1 saturated carbocycles. The molecular formula is C29H33N5O2. The van der Waals surface area contributed by atoms with E-state index in [9.17, 15) is 4.79 Å². The van der Waals surface area contributed by atoms with Crippen LogP contribution in [0.3, 0.4) is 0 Å². The van der Waals surface area contributed by atoms with E-state index < -0.39 is 0 Å². The molecule has 2 aromatic carbocycles. The first-order valence-electron chi connectivity index (χ1n) is 12.5. The van der Waals surface area contributed by atoms with E-state index in [-0.39, 0.29) is 18.1 Å². The number of nitrogens with zero attached hydrogens (tertiary/aromatic N) is 3. The first-order chi connectivity index (χ1) is 17.7. The topological polar surface area (TPSA) is 90.3 Å². The molecule has 7 heteroatoms. The third kappa shape index (κ3) is 6.83. The maximum absolute atomic E-state index is 13.4. The van der Waals surface area contributed by atoms with Crippen LogP contribution >= 0.6 is 0 Å². The van der Waals surface area contributed by atoms with Crippen LogP contribution in [0.4, 0.5) is 16.3 Å².